The molecule has 0 fully saturated rings. The van der Waals surface area contributed by atoms with Crippen LogP contribution in [-0.2, 0) is 23.6 Å². The molecule has 1 N–H and O–H groups in total. The second-order valence-electron chi connectivity index (χ2n) is 6.56. The van der Waals surface area contributed by atoms with Gasteiger partial charge in [0.2, 0.25) is 10.0 Å². The van der Waals surface area contributed by atoms with Crippen molar-refractivity contribution >= 4 is 29.2 Å². The first kappa shape index (κ1) is 24.1. The summed E-state index contributed by atoms with van der Waals surface area (Å²) in [5.74, 6) is -1.28. The predicted molar refractivity (Wildman–Crippen MR) is 116 cm³/mol. The van der Waals surface area contributed by atoms with E-state index < -0.39 is 23.4 Å². The number of benzene rings is 2. The van der Waals surface area contributed by atoms with E-state index in [1.807, 2.05) is 20.8 Å². The van der Waals surface area contributed by atoms with E-state index in [1.54, 1.807) is 36.4 Å². The standard InChI is InChI=1S/C20H27ClNO5PS/c1-4-14-26-28(23,27-15-5-2)20(18-8-6-7-9-19(18)21)22-29(24,25)17-12-10-16(3)11-13-17/h6-13,20,22H,4-5,14-15H2,1-3H3. The zero-order valence-corrected chi connectivity index (χ0v) is 19.3. The van der Waals surface area contributed by atoms with Crippen molar-refractivity contribution < 1.29 is 22.0 Å². The molecule has 0 radical (unpaired) electrons. The van der Waals surface area contributed by atoms with Crippen molar-refractivity contribution in [2.75, 3.05) is 13.2 Å². The number of rotatable bonds is 11. The molecule has 29 heavy (non-hydrogen) atoms. The molecule has 0 amide bonds. The Bertz CT molecular complexity index is 938. The third kappa shape index (κ3) is 6.38. The number of hydrogen-bond acceptors (Lipinski definition) is 5. The number of sulfonamides is 1. The van der Waals surface area contributed by atoms with Crippen molar-refractivity contribution in [1.82, 2.24) is 4.72 Å². The summed E-state index contributed by atoms with van der Waals surface area (Å²) in [5, 5.41) is 0.268. The van der Waals surface area contributed by atoms with E-state index in [-0.39, 0.29) is 23.1 Å². The first-order valence-electron chi connectivity index (χ1n) is 9.45. The highest BCUT2D eigenvalue weighted by molar-refractivity contribution is 7.89. The van der Waals surface area contributed by atoms with E-state index in [4.69, 9.17) is 20.6 Å². The van der Waals surface area contributed by atoms with E-state index in [1.165, 1.54) is 12.1 Å². The maximum absolute atomic E-state index is 13.7. The minimum Gasteiger partial charge on any atom is -0.307 e. The van der Waals surface area contributed by atoms with Gasteiger partial charge in [-0.05, 0) is 38.0 Å². The average Bonchev–Trinajstić information content (AvgIpc) is 2.70. The quantitative estimate of drug-likeness (QED) is 0.438. The summed E-state index contributed by atoms with van der Waals surface area (Å²) in [6, 6.07) is 13.0. The van der Waals surface area contributed by atoms with Gasteiger partial charge < -0.3 is 9.05 Å². The van der Waals surface area contributed by atoms with Crippen LogP contribution in [-0.4, -0.2) is 21.6 Å². The highest BCUT2D eigenvalue weighted by Gasteiger charge is 2.41. The molecule has 9 heteroatoms. The Balaban J connectivity index is 2.53. The molecule has 2 aromatic rings. The van der Waals surface area contributed by atoms with Crippen LogP contribution in [0.25, 0.3) is 0 Å². The smallest absolute Gasteiger partial charge is 0.307 e. The van der Waals surface area contributed by atoms with Crippen LogP contribution in [0.1, 0.15) is 43.6 Å². The Morgan fingerprint density at radius 2 is 1.55 bits per heavy atom. The fourth-order valence-electron chi connectivity index (χ4n) is 2.55. The summed E-state index contributed by atoms with van der Waals surface area (Å²) in [4.78, 5) is 0.0534. The summed E-state index contributed by atoms with van der Waals surface area (Å²) in [7, 11) is -7.93. The van der Waals surface area contributed by atoms with E-state index in [0.717, 1.165) is 5.56 Å². The summed E-state index contributed by atoms with van der Waals surface area (Å²) in [6.45, 7) is 5.92. The van der Waals surface area contributed by atoms with Gasteiger partial charge >= 0.3 is 7.60 Å². The van der Waals surface area contributed by atoms with Gasteiger partial charge in [-0.1, -0.05) is 61.3 Å². The van der Waals surface area contributed by atoms with Crippen LogP contribution in [0.3, 0.4) is 0 Å². The molecular formula is C20H27ClNO5PS. The first-order chi connectivity index (χ1) is 13.7. The van der Waals surface area contributed by atoms with Crippen LogP contribution >= 0.6 is 19.2 Å². The lowest BCUT2D eigenvalue weighted by molar-refractivity contribution is 0.195. The Hall–Kier alpha value is -1.21. The van der Waals surface area contributed by atoms with Crippen molar-refractivity contribution in [3.63, 3.8) is 0 Å². The fraction of sp³-hybridized carbons (Fsp3) is 0.400. The Kier molecular flexibility index (Phi) is 8.89. The van der Waals surface area contributed by atoms with Crippen molar-refractivity contribution in [2.24, 2.45) is 0 Å². The Morgan fingerprint density at radius 1 is 1.00 bits per heavy atom. The van der Waals surface area contributed by atoms with Crippen molar-refractivity contribution in [1.29, 1.82) is 0 Å². The molecule has 0 aliphatic heterocycles. The molecule has 2 aromatic carbocycles. The summed E-state index contributed by atoms with van der Waals surface area (Å²) in [5.41, 5.74) is 1.26. The van der Waals surface area contributed by atoms with Crippen molar-refractivity contribution in [3.8, 4) is 0 Å². The minimum absolute atomic E-state index is 0.0534. The maximum atomic E-state index is 13.7. The summed E-state index contributed by atoms with van der Waals surface area (Å²) < 4.78 is 53.5. The molecule has 0 saturated heterocycles. The van der Waals surface area contributed by atoms with Gasteiger partial charge in [-0.15, -0.1) is 0 Å². The van der Waals surface area contributed by atoms with Gasteiger partial charge in [0, 0.05) is 10.6 Å². The lowest BCUT2D eigenvalue weighted by Crippen LogP contribution is -2.30. The molecule has 0 heterocycles. The SMILES string of the molecule is CCCOP(=O)(OCCC)C(NS(=O)(=O)c1ccc(C)cc1)c1ccccc1Cl. The van der Waals surface area contributed by atoms with Gasteiger partial charge in [-0.25, -0.2) is 8.42 Å². The number of nitrogens with one attached hydrogen (secondary N) is 1. The van der Waals surface area contributed by atoms with Crippen molar-refractivity contribution in [2.45, 2.75) is 44.3 Å². The van der Waals surface area contributed by atoms with Gasteiger partial charge in [-0.3, -0.25) is 4.57 Å². The highest BCUT2D eigenvalue weighted by Crippen LogP contribution is 2.61. The number of halogens is 1. The maximum Gasteiger partial charge on any atom is 0.352 e. The topological polar surface area (TPSA) is 81.7 Å². The first-order valence-corrected chi connectivity index (χ1v) is 12.9. The molecular weight excluding hydrogens is 433 g/mol. The van der Waals surface area contributed by atoms with Gasteiger partial charge in [0.25, 0.3) is 0 Å². The van der Waals surface area contributed by atoms with Crippen LogP contribution in [0.5, 0.6) is 0 Å². The normalized spacial score (nSPS) is 13.4. The third-order valence-corrected chi connectivity index (χ3v) is 8.15. The number of hydrogen-bond donors (Lipinski definition) is 1. The molecule has 0 aliphatic carbocycles. The zero-order valence-electron chi connectivity index (χ0n) is 16.8. The average molecular weight is 460 g/mol. The molecule has 0 saturated carbocycles. The molecule has 160 valence electrons. The van der Waals surface area contributed by atoms with Gasteiger partial charge in [0.15, 0.2) is 5.78 Å². The molecule has 1 atom stereocenters. The minimum atomic E-state index is -4.02. The van der Waals surface area contributed by atoms with Crippen LogP contribution in [0.15, 0.2) is 53.4 Å². The van der Waals surface area contributed by atoms with E-state index in [2.05, 4.69) is 4.72 Å². The molecule has 2 rings (SSSR count). The summed E-state index contributed by atoms with van der Waals surface area (Å²) >= 11 is 6.32. The third-order valence-electron chi connectivity index (χ3n) is 4.06. The molecule has 1 unspecified atom stereocenters. The van der Waals surface area contributed by atoms with Crippen LogP contribution in [0.2, 0.25) is 5.02 Å². The molecule has 0 spiro atoms. The van der Waals surface area contributed by atoms with Crippen LogP contribution in [0, 0.1) is 6.92 Å². The van der Waals surface area contributed by atoms with E-state index in [9.17, 15) is 13.0 Å². The molecule has 6 nitrogen and oxygen atoms in total. The largest absolute Gasteiger partial charge is 0.352 e. The van der Waals surface area contributed by atoms with E-state index >= 15 is 0 Å². The lowest BCUT2D eigenvalue weighted by Gasteiger charge is -2.28. The zero-order chi connectivity index (χ0) is 21.5. The second-order valence-corrected chi connectivity index (χ2v) is 10.8. The van der Waals surface area contributed by atoms with Gasteiger partial charge in [0.05, 0.1) is 18.1 Å². The fourth-order valence-corrected chi connectivity index (χ4v) is 6.67. The predicted octanol–water partition coefficient (Wildman–Crippen LogP) is 5.67. The monoisotopic (exact) mass is 459 g/mol. The molecule has 0 aliphatic rings. The number of aryl methyl sites for hydroxylation is 1. The highest BCUT2D eigenvalue weighted by atomic mass is 35.5. The van der Waals surface area contributed by atoms with Gasteiger partial charge in [-0.2, -0.15) is 4.72 Å². The Labute approximate surface area is 178 Å². The molecule has 0 bridgehead atoms. The lowest BCUT2D eigenvalue weighted by atomic mass is 10.2. The summed E-state index contributed by atoms with van der Waals surface area (Å²) in [6.07, 6.45) is 1.19. The van der Waals surface area contributed by atoms with Crippen LogP contribution < -0.4 is 4.72 Å². The van der Waals surface area contributed by atoms with Crippen molar-refractivity contribution in [3.05, 3.63) is 64.7 Å². The Morgan fingerprint density at radius 3 is 2.07 bits per heavy atom. The molecule has 0 aromatic heterocycles. The van der Waals surface area contributed by atoms with Crippen LogP contribution in [0.4, 0.5) is 0 Å². The van der Waals surface area contributed by atoms with Gasteiger partial charge in [0.1, 0.15) is 0 Å². The van der Waals surface area contributed by atoms with E-state index in [0.29, 0.717) is 18.4 Å². The second kappa shape index (κ2) is 10.7.